The molecule has 2 N–H and O–H groups in total. The maximum atomic E-state index is 5.68. The molecule has 1 unspecified atom stereocenters. The molecule has 1 aromatic rings. The van der Waals surface area contributed by atoms with Gasteiger partial charge in [0.05, 0.1) is 12.6 Å². The first kappa shape index (κ1) is 23.4. The summed E-state index contributed by atoms with van der Waals surface area (Å²) < 4.78 is 5.68. The number of piperidine rings is 1. The first-order valence-corrected chi connectivity index (χ1v) is 10.7. The van der Waals surface area contributed by atoms with Gasteiger partial charge in [-0.2, -0.15) is 0 Å². The van der Waals surface area contributed by atoms with Crippen molar-refractivity contribution in [3.05, 3.63) is 35.4 Å². The highest BCUT2D eigenvalue weighted by atomic mass is 127. The molecule has 0 amide bonds. The van der Waals surface area contributed by atoms with Crippen molar-refractivity contribution in [1.82, 2.24) is 15.5 Å². The summed E-state index contributed by atoms with van der Waals surface area (Å²) in [5.74, 6) is 1.76. The lowest BCUT2D eigenvalue weighted by Gasteiger charge is -2.30. The van der Waals surface area contributed by atoms with E-state index in [0.717, 1.165) is 44.5 Å². The van der Waals surface area contributed by atoms with Crippen molar-refractivity contribution in [2.75, 3.05) is 32.8 Å². The van der Waals surface area contributed by atoms with Crippen LogP contribution >= 0.6 is 24.0 Å². The number of hydrogen-bond acceptors (Lipinski definition) is 3. The topological polar surface area (TPSA) is 48.9 Å². The molecule has 5 nitrogen and oxygen atoms in total. The van der Waals surface area contributed by atoms with E-state index in [0.29, 0.717) is 12.6 Å². The van der Waals surface area contributed by atoms with Gasteiger partial charge in [0, 0.05) is 26.2 Å². The lowest BCUT2D eigenvalue weighted by atomic mass is 9.99. The lowest BCUT2D eigenvalue weighted by molar-refractivity contribution is 0.114. The standard InChI is InChI=1S/C22H36N4O.HI/c1-3-23-22(25-16-21-5-4-14-27-21)24-15-19-6-8-20(9-7-19)17-26-12-10-18(2)11-13-26;/h6-9,18,21H,3-5,10-17H2,1-2H3,(H2,23,24,25);1H. The molecule has 2 heterocycles. The largest absolute Gasteiger partial charge is 0.376 e. The molecular formula is C22H37IN4O. The van der Waals surface area contributed by atoms with E-state index in [1.807, 2.05) is 0 Å². The minimum absolute atomic E-state index is 0. The molecule has 1 atom stereocenters. The Labute approximate surface area is 187 Å². The molecule has 2 fully saturated rings. The van der Waals surface area contributed by atoms with Gasteiger partial charge in [-0.1, -0.05) is 31.2 Å². The lowest BCUT2D eigenvalue weighted by Crippen LogP contribution is -2.41. The van der Waals surface area contributed by atoms with Crippen LogP contribution in [0, 0.1) is 5.92 Å². The number of halogens is 1. The second-order valence-electron chi connectivity index (χ2n) is 7.99. The third-order valence-electron chi connectivity index (χ3n) is 5.59. The minimum Gasteiger partial charge on any atom is -0.376 e. The summed E-state index contributed by atoms with van der Waals surface area (Å²) in [6.45, 7) is 11.3. The van der Waals surface area contributed by atoms with Gasteiger partial charge in [-0.05, 0) is 62.7 Å². The number of rotatable bonds is 7. The van der Waals surface area contributed by atoms with E-state index in [2.05, 4.69) is 53.6 Å². The minimum atomic E-state index is 0. The highest BCUT2D eigenvalue weighted by molar-refractivity contribution is 14.0. The van der Waals surface area contributed by atoms with Crippen LogP contribution in [0.2, 0.25) is 0 Å². The smallest absolute Gasteiger partial charge is 0.191 e. The third-order valence-corrected chi connectivity index (χ3v) is 5.59. The first-order valence-electron chi connectivity index (χ1n) is 10.7. The van der Waals surface area contributed by atoms with E-state index < -0.39 is 0 Å². The molecule has 2 saturated heterocycles. The van der Waals surface area contributed by atoms with Crippen molar-refractivity contribution in [3.63, 3.8) is 0 Å². The highest BCUT2D eigenvalue weighted by Crippen LogP contribution is 2.18. The van der Waals surface area contributed by atoms with Crippen molar-refractivity contribution in [3.8, 4) is 0 Å². The molecule has 0 spiro atoms. The van der Waals surface area contributed by atoms with Gasteiger partial charge in [0.15, 0.2) is 5.96 Å². The maximum Gasteiger partial charge on any atom is 0.191 e. The van der Waals surface area contributed by atoms with Gasteiger partial charge in [0.2, 0.25) is 0 Å². The van der Waals surface area contributed by atoms with Gasteiger partial charge in [-0.15, -0.1) is 24.0 Å². The average molecular weight is 500 g/mol. The monoisotopic (exact) mass is 500 g/mol. The fourth-order valence-electron chi connectivity index (χ4n) is 3.76. The Balaban J connectivity index is 0.00000280. The molecule has 6 heteroatoms. The van der Waals surface area contributed by atoms with Crippen LogP contribution in [0.3, 0.4) is 0 Å². The predicted octanol–water partition coefficient (Wildman–Crippen LogP) is 3.77. The molecular weight excluding hydrogens is 463 g/mol. The molecule has 158 valence electrons. The average Bonchev–Trinajstić information content (AvgIpc) is 3.21. The summed E-state index contributed by atoms with van der Waals surface area (Å²) in [7, 11) is 0. The zero-order valence-corrected chi connectivity index (χ0v) is 19.8. The molecule has 0 aromatic heterocycles. The Morgan fingerprint density at radius 1 is 1.11 bits per heavy atom. The zero-order chi connectivity index (χ0) is 18.9. The summed E-state index contributed by atoms with van der Waals surface area (Å²) in [5, 5.41) is 6.73. The number of benzene rings is 1. The molecule has 0 saturated carbocycles. The Morgan fingerprint density at radius 2 is 1.82 bits per heavy atom. The van der Waals surface area contributed by atoms with Crippen LogP contribution in [0.1, 0.15) is 50.7 Å². The first-order chi connectivity index (χ1) is 13.2. The van der Waals surface area contributed by atoms with Crippen LogP contribution in [0.15, 0.2) is 29.3 Å². The summed E-state index contributed by atoms with van der Waals surface area (Å²) in [6.07, 6.45) is 5.30. The van der Waals surface area contributed by atoms with Crippen molar-refractivity contribution < 1.29 is 4.74 Å². The van der Waals surface area contributed by atoms with Crippen molar-refractivity contribution in [2.24, 2.45) is 10.9 Å². The SMILES string of the molecule is CCNC(=NCc1ccc(CN2CCC(C)CC2)cc1)NCC1CCCO1.I. The molecule has 28 heavy (non-hydrogen) atoms. The van der Waals surface area contributed by atoms with Gasteiger partial charge in [-0.3, -0.25) is 4.90 Å². The van der Waals surface area contributed by atoms with Crippen LogP contribution in [0.25, 0.3) is 0 Å². The predicted molar refractivity (Wildman–Crippen MR) is 127 cm³/mol. The number of nitrogens with zero attached hydrogens (tertiary/aromatic N) is 2. The van der Waals surface area contributed by atoms with Crippen LogP contribution in [-0.2, 0) is 17.8 Å². The zero-order valence-electron chi connectivity index (χ0n) is 17.5. The second-order valence-corrected chi connectivity index (χ2v) is 7.99. The number of ether oxygens (including phenoxy) is 1. The summed E-state index contributed by atoms with van der Waals surface area (Å²) in [5.41, 5.74) is 2.65. The van der Waals surface area contributed by atoms with E-state index in [9.17, 15) is 0 Å². The Bertz CT molecular complexity index is 579. The molecule has 0 bridgehead atoms. The molecule has 0 aliphatic carbocycles. The number of guanidine groups is 1. The molecule has 1 aromatic carbocycles. The Kier molecular flexibility index (Phi) is 10.6. The van der Waals surface area contributed by atoms with Crippen LogP contribution in [0.4, 0.5) is 0 Å². The quantitative estimate of drug-likeness (QED) is 0.340. The number of nitrogens with one attached hydrogen (secondary N) is 2. The van der Waals surface area contributed by atoms with Gasteiger partial charge in [0.1, 0.15) is 0 Å². The Morgan fingerprint density at radius 3 is 2.46 bits per heavy atom. The number of aliphatic imine (C=N–C) groups is 1. The van der Waals surface area contributed by atoms with E-state index in [-0.39, 0.29) is 24.0 Å². The van der Waals surface area contributed by atoms with Crippen LogP contribution in [0.5, 0.6) is 0 Å². The van der Waals surface area contributed by atoms with E-state index in [1.54, 1.807) is 0 Å². The number of hydrogen-bond donors (Lipinski definition) is 2. The molecule has 3 rings (SSSR count). The molecule has 0 radical (unpaired) electrons. The van der Waals surface area contributed by atoms with Crippen molar-refractivity contribution >= 4 is 29.9 Å². The molecule has 2 aliphatic rings. The van der Waals surface area contributed by atoms with Gasteiger partial charge < -0.3 is 15.4 Å². The Hall–Kier alpha value is -0.860. The fourth-order valence-corrected chi connectivity index (χ4v) is 3.76. The molecule has 2 aliphatic heterocycles. The van der Waals surface area contributed by atoms with Crippen molar-refractivity contribution in [2.45, 2.75) is 58.7 Å². The van der Waals surface area contributed by atoms with Gasteiger partial charge >= 0.3 is 0 Å². The van der Waals surface area contributed by atoms with Gasteiger partial charge in [0.25, 0.3) is 0 Å². The summed E-state index contributed by atoms with van der Waals surface area (Å²) in [6, 6.07) is 8.95. The third kappa shape index (κ3) is 7.87. The normalized spacial score (nSPS) is 21.4. The second kappa shape index (κ2) is 12.6. The fraction of sp³-hybridized carbons (Fsp3) is 0.682. The van der Waals surface area contributed by atoms with Crippen molar-refractivity contribution in [1.29, 1.82) is 0 Å². The maximum absolute atomic E-state index is 5.68. The summed E-state index contributed by atoms with van der Waals surface area (Å²) in [4.78, 5) is 7.30. The van der Waals surface area contributed by atoms with E-state index in [1.165, 1.54) is 43.5 Å². The summed E-state index contributed by atoms with van der Waals surface area (Å²) >= 11 is 0. The number of likely N-dealkylation sites (tertiary alicyclic amines) is 1. The van der Waals surface area contributed by atoms with Gasteiger partial charge in [-0.25, -0.2) is 4.99 Å². The van der Waals surface area contributed by atoms with E-state index in [4.69, 9.17) is 9.73 Å². The highest BCUT2D eigenvalue weighted by Gasteiger charge is 2.16. The van der Waals surface area contributed by atoms with Crippen LogP contribution in [-0.4, -0.2) is 49.7 Å². The van der Waals surface area contributed by atoms with Crippen LogP contribution < -0.4 is 10.6 Å². The van der Waals surface area contributed by atoms with E-state index >= 15 is 0 Å².